The highest BCUT2D eigenvalue weighted by Gasteiger charge is 2.16. The summed E-state index contributed by atoms with van der Waals surface area (Å²) in [6.07, 6.45) is 0. The average molecular weight is 313 g/mol. The monoisotopic (exact) mass is 313 g/mol. The van der Waals surface area contributed by atoms with Gasteiger partial charge in [-0.15, -0.1) is 0 Å². The van der Waals surface area contributed by atoms with Crippen LogP contribution < -0.4 is 5.43 Å². The fraction of sp³-hybridized carbons (Fsp3) is 0.176. The van der Waals surface area contributed by atoms with Crippen LogP contribution in [0.15, 0.2) is 52.6 Å². The summed E-state index contributed by atoms with van der Waals surface area (Å²) in [6.45, 7) is 4.09. The third-order valence-corrected chi connectivity index (χ3v) is 4.26. The molecule has 0 saturated carbocycles. The highest BCUT2D eigenvalue weighted by atomic mass is 32.2. The number of thioether (sulfide) groups is 1. The first-order valence-corrected chi connectivity index (χ1v) is 7.98. The first kappa shape index (κ1) is 14.8. The summed E-state index contributed by atoms with van der Waals surface area (Å²) in [5, 5.41) is 4.99. The van der Waals surface area contributed by atoms with Crippen molar-refractivity contribution >= 4 is 28.3 Å². The van der Waals surface area contributed by atoms with Crippen molar-refractivity contribution in [3.63, 3.8) is 0 Å². The van der Waals surface area contributed by atoms with E-state index in [0.717, 1.165) is 16.4 Å². The van der Waals surface area contributed by atoms with E-state index >= 15 is 0 Å². The Morgan fingerprint density at radius 3 is 2.68 bits per heavy atom. The minimum absolute atomic E-state index is 0.251. The predicted molar refractivity (Wildman–Crippen MR) is 91.5 cm³/mol. The van der Waals surface area contributed by atoms with Crippen molar-refractivity contribution in [2.45, 2.75) is 13.8 Å². The van der Waals surface area contributed by atoms with E-state index in [1.165, 1.54) is 23.4 Å². The first-order valence-electron chi connectivity index (χ1n) is 7.00. The molecule has 0 fully saturated rings. The number of benzene rings is 2. The fourth-order valence-electron chi connectivity index (χ4n) is 2.25. The Balaban J connectivity index is 1.81. The van der Waals surface area contributed by atoms with Crippen molar-refractivity contribution in [3.8, 4) is 0 Å². The predicted octanol–water partition coefficient (Wildman–Crippen LogP) is 4.17. The third kappa shape index (κ3) is 3.20. The highest BCUT2D eigenvalue weighted by molar-refractivity contribution is 8.14. The van der Waals surface area contributed by atoms with Gasteiger partial charge < -0.3 is 0 Å². The molecular formula is C17H16FN3S. The lowest BCUT2D eigenvalue weighted by Crippen LogP contribution is -2.25. The molecule has 2 aromatic carbocycles. The molecule has 0 aliphatic carbocycles. The molecule has 0 saturated heterocycles. The lowest BCUT2D eigenvalue weighted by atomic mass is 10.1. The molecule has 3 nitrogen and oxygen atoms in total. The minimum Gasteiger partial charge on any atom is -0.255 e. The first-order chi connectivity index (χ1) is 10.6. The van der Waals surface area contributed by atoms with Crippen LogP contribution in [0.4, 0.5) is 10.1 Å². The van der Waals surface area contributed by atoms with Gasteiger partial charge in [0.15, 0.2) is 5.17 Å². The van der Waals surface area contributed by atoms with Crippen LogP contribution in [0.1, 0.15) is 16.7 Å². The van der Waals surface area contributed by atoms with Crippen LogP contribution in [-0.4, -0.2) is 16.6 Å². The summed E-state index contributed by atoms with van der Waals surface area (Å²) in [5.74, 6) is 0.343. The Labute approximate surface area is 133 Å². The molecule has 0 atom stereocenters. The van der Waals surface area contributed by atoms with Crippen molar-refractivity contribution in [3.05, 3.63) is 65.0 Å². The molecule has 1 heterocycles. The number of aryl methyl sites for hydroxylation is 2. The molecule has 0 radical (unpaired) electrons. The normalized spacial score (nSPS) is 16.3. The minimum atomic E-state index is -0.251. The van der Waals surface area contributed by atoms with Crippen molar-refractivity contribution in [1.29, 1.82) is 0 Å². The molecule has 0 aromatic heterocycles. The van der Waals surface area contributed by atoms with Gasteiger partial charge in [-0.25, -0.2) is 9.38 Å². The van der Waals surface area contributed by atoms with E-state index in [1.807, 2.05) is 25.1 Å². The van der Waals surface area contributed by atoms with Gasteiger partial charge in [0.25, 0.3) is 0 Å². The maximum absolute atomic E-state index is 13.8. The maximum atomic E-state index is 13.8. The van der Waals surface area contributed by atoms with E-state index in [9.17, 15) is 4.39 Å². The zero-order valence-corrected chi connectivity index (χ0v) is 13.2. The molecule has 0 bridgehead atoms. The molecule has 22 heavy (non-hydrogen) atoms. The summed E-state index contributed by atoms with van der Waals surface area (Å²) < 4.78 is 13.8. The largest absolute Gasteiger partial charge is 0.255 e. The van der Waals surface area contributed by atoms with E-state index in [2.05, 4.69) is 28.5 Å². The molecule has 2 aromatic rings. The molecule has 1 aliphatic rings. The van der Waals surface area contributed by atoms with Crippen molar-refractivity contribution < 1.29 is 4.39 Å². The second-order valence-corrected chi connectivity index (χ2v) is 6.11. The second kappa shape index (κ2) is 6.32. The SMILES string of the molecule is Cc1ccc(N=C2NN=C(c3ccccc3F)CS2)c(C)c1. The Kier molecular flexibility index (Phi) is 4.24. The molecule has 3 rings (SSSR count). The zero-order valence-electron chi connectivity index (χ0n) is 12.4. The number of hydrogen-bond acceptors (Lipinski definition) is 3. The van der Waals surface area contributed by atoms with E-state index in [-0.39, 0.29) is 5.82 Å². The van der Waals surface area contributed by atoms with Gasteiger partial charge >= 0.3 is 0 Å². The number of rotatable bonds is 2. The number of halogens is 1. The van der Waals surface area contributed by atoms with Crippen molar-refractivity contribution in [1.82, 2.24) is 5.43 Å². The number of amidine groups is 1. The van der Waals surface area contributed by atoms with Gasteiger partial charge in [-0.05, 0) is 31.5 Å². The van der Waals surface area contributed by atoms with Crippen LogP contribution >= 0.6 is 11.8 Å². The highest BCUT2D eigenvalue weighted by Crippen LogP contribution is 2.23. The van der Waals surface area contributed by atoms with E-state index in [4.69, 9.17) is 0 Å². The van der Waals surface area contributed by atoms with Gasteiger partial charge in [-0.3, -0.25) is 5.43 Å². The molecule has 1 N–H and O–H groups in total. The van der Waals surface area contributed by atoms with Gasteiger partial charge in [0.2, 0.25) is 0 Å². The van der Waals surface area contributed by atoms with Gasteiger partial charge in [-0.1, -0.05) is 47.7 Å². The van der Waals surface area contributed by atoms with Crippen molar-refractivity contribution in [2.24, 2.45) is 10.1 Å². The van der Waals surface area contributed by atoms with Crippen LogP contribution in [0, 0.1) is 19.7 Å². The lowest BCUT2D eigenvalue weighted by molar-refractivity contribution is 0.625. The smallest absolute Gasteiger partial charge is 0.182 e. The summed E-state index contributed by atoms with van der Waals surface area (Å²) in [4.78, 5) is 4.58. The van der Waals surface area contributed by atoms with Gasteiger partial charge in [0.1, 0.15) is 5.82 Å². The molecule has 0 spiro atoms. The third-order valence-electron chi connectivity index (χ3n) is 3.39. The van der Waals surface area contributed by atoms with Crippen LogP contribution in [0.2, 0.25) is 0 Å². The average Bonchev–Trinajstić information content (AvgIpc) is 2.51. The Morgan fingerprint density at radius 2 is 2.00 bits per heavy atom. The standard InChI is InChI=1S/C17H16FN3S/c1-11-7-8-15(12(2)9-11)19-17-21-20-16(10-22-17)13-5-3-4-6-14(13)18/h3-9H,10H2,1-2H3,(H,19,21). The molecule has 1 aliphatic heterocycles. The topological polar surface area (TPSA) is 36.8 Å². The van der Waals surface area contributed by atoms with Crippen LogP contribution in [0.25, 0.3) is 0 Å². The summed E-state index contributed by atoms with van der Waals surface area (Å²) >= 11 is 1.52. The molecule has 0 amide bonds. The Hall–Kier alpha value is -2.14. The summed E-state index contributed by atoms with van der Waals surface area (Å²) in [7, 11) is 0. The lowest BCUT2D eigenvalue weighted by Gasteiger charge is -2.15. The molecule has 5 heteroatoms. The molecule has 0 unspecified atom stereocenters. The van der Waals surface area contributed by atoms with E-state index in [0.29, 0.717) is 17.0 Å². The number of hydrogen-bond donors (Lipinski definition) is 1. The van der Waals surface area contributed by atoms with Crippen LogP contribution in [0.5, 0.6) is 0 Å². The maximum Gasteiger partial charge on any atom is 0.182 e. The van der Waals surface area contributed by atoms with E-state index in [1.54, 1.807) is 12.1 Å². The quantitative estimate of drug-likeness (QED) is 0.903. The number of nitrogens with zero attached hydrogens (tertiary/aromatic N) is 2. The Bertz CT molecular complexity index is 768. The summed E-state index contributed by atoms with van der Waals surface area (Å²) in [6, 6.07) is 12.8. The Morgan fingerprint density at radius 1 is 1.18 bits per heavy atom. The van der Waals surface area contributed by atoms with Crippen molar-refractivity contribution in [2.75, 3.05) is 5.75 Å². The van der Waals surface area contributed by atoms with Gasteiger partial charge in [0.05, 0.1) is 11.4 Å². The molecular weight excluding hydrogens is 297 g/mol. The number of nitrogens with one attached hydrogen (secondary N) is 1. The number of aliphatic imine (C=N–C) groups is 1. The zero-order chi connectivity index (χ0) is 15.5. The second-order valence-electron chi connectivity index (χ2n) is 5.15. The number of hydrazone groups is 1. The summed E-state index contributed by atoms with van der Waals surface area (Å²) in [5.41, 5.74) is 7.41. The van der Waals surface area contributed by atoms with Crippen LogP contribution in [0.3, 0.4) is 0 Å². The van der Waals surface area contributed by atoms with Crippen LogP contribution in [-0.2, 0) is 0 Å². The van der Waals surface area contributed by atoms with Gasteiger partial charge in [-0.2, -0.15) is 5.10 Å². The van der Waals surface area contributed by atoms with E-state index < -0.39 is 0 Å². The van der Waals surface area contributed by atoms with Gasteiger partial charge in [0, 0.05) is 11.3 Å². The fourth-order valence-corrected chi connectivity index (χ4v) is 3.01. The molecule has 112 valence electrons.